The fourth-order valence-corrected chi connectivity index (χ4v) is 3.27. The van der Waals surface area contributed by atoms with E-state index < -0.39 is 0 Å². The lowest BCUT2D eigenvalue weighted by Gasteiger charge is -2.11. The number of hydrogen-bond donors (Lipinski definition) is 0. The number of imidazole rings is 1. The maximum atomic E-state index is 12.8. The van der Waals surface area contributed by atoms with Crippen molar-refractivity contribution in [3.05, 3.63) is 65.2 Å². The van der Waals surface area contributed by atoms with Gasteiger partial charge in [0.25, 0.3) is 5.56 Å². The van der Waals surface area contributed by atoms with Gasteiger partial charge in [-0.15, -0.1) is 10.2 Å². The van der Waals surface area contributed by atoms with E-state index in [1.54, 1.807) is 24.1 Å². The van der Waals surface area contributed by atoms with Crippen molar-refractivity contribution in [2.75, 3.05) is 0 Å². The van der Waals surface area contributed by atoms with Crippen LogP contribution in [0.25, 0.3) is 22.3 Å². The number of nitrogens with zero attached hydrogens (tertiary/aromatic N) is 6. The largest absolute Gasteiger partial charge is 0.330 e. The molecule has 7 nitrogen and oxygen atoms in total. The van der Waals surface area contributed by atoms with E-state index in [0.717, 1.165) is 29.7 Å². The highest BCUT2D eigenvalue weighted by molar-refractivity contribution is 5.83. The first-order chi connectivity index (χ1) is 12.7. The van der Waals surface area contributed by atoms with Crippen LogP contribution in [0, 0.1) is 0 Å². The molecular weight excluding hydrogens is 328 g/mol. The van der Waals surface area contributed by atoms with Crippen molar-refractivity contribution in [1.82, 2.24) is 28.9 Å². The Morgan fingerprint density at radius 3 is 2.85 bits per heavy atom. The van der Waals surface area contributed by atoms with Gasteiger partial charge in [-0.05, 0) is 24.4 Å². The van der Waals surface area contributed by atoms with Crippen molar-refractivity contribution in [3.8, 4) is 11.4 Å². The molecule has 0 saturated carbocycles. The van der Waals surface area contributed by atoms with E-state index in [0.29, 0.717) is 17.9 Å². The molecular formula is C19H20N6O. The fraction of sp³-hybridized carbons (Fsp3) is 0.263. The van der Waals surface area contributed by atoms with Gasteiger partial charge in [-0.25, -0.2) is 4.98 Å². The van der Waals surface area contributed by atoms with Gasteiger partial charge in [-0.3, -0.25) is 4.79 Å². The third-order valence-corrected chi connectivity index (χ3v) is 4.70. The van der Waals surface area contributed by atoms with Crippen LogP contribution >= 0.6 is 0 Å². The number of benzene rings is 1. The van der Waals surface area contributed by atoms with Crippen LogP contribution in [0.5, 0.6) is 0 Å². The second-order valence-electron chi connectivity index (χ2n) is 6.21. The summed E-state index contributed by atoms with van der Waals surface area (Å²) in [7, 11) is 1.80. The molecule has 0 radical (unpaired) electrons. The molecule has 1 aromatic carbocycles. The van der Waals surface area contributed by atoms with E-state index in [2.05, 4.69) is 22.1 Å². The van der Waals surface area contributed by atoms with Crippen LogP contribution in [-0.4, -0.2) is 28.9 Å². The van der Waals surface area contributed by atoms with Crippen LogP contribution in [0.3, 0.4) is 0 Å². The molecule has 132 valence electrons. The first-order valence-corrected chi connectivity index (χ1v) is 8.66. The van der Waals surface area contributed by atoms with Crippen molar-refractivity contribution in [2.24, 2.45) is 7.05 Å². The second kappa shape index (κ2) is 6.59. The van der Waals surface area contributed by atoms with Crippen molar-refractivity contribution < 1.29 is 0 Å². The maximum absolute atomic E-state index is 12.8. The van der Waals surface area contributed by atoms with Crippen LogP contribution in [0.2, 0.25) is 0 Å². The molecule has 3 aromatic heterocycles. The highest BCUT2D eigenvalue weighted by atomic mass is 16.1. The third kappa shape index (κ3) is 2.71. The molecule has 0 spiro atoms. The fourth-order valence-electron chi connectivity index (χ4n) is 3.27. The van der Waals surface area contributed by atoms with Gasteiger partial charge in [0.1, 0.15) is 18.0 Å². The Bertz CT molecular complexity index is 1120. The molecule has 3 heterocycles. The number of hydrogen-bond acceptors (Lipinski definition) is 4. The molecule has 26 heavy (non-hydrogen) atoms. The Hall–Kier alpha value is -3.22. The minimum absolute atomic E-state index is 0.0483. The lowest BCUT2D eigenvalue weighted by molar-refractivity contribution is 0.627. The van der Waals surface area contributed by atoms with Crippen LogP contribution in [0.15, 0.2) is 53.8 Å². The topological polar surface area (TPSA) is 70.5 Å². The predicted octanol–water partition coefficient (Wildman–Crippen LogP) is 2.26. The molecule has 0 atom stereocenters. The van der Waals surface area contributed by atoms with Gasteiger partial charge in [-0.1, -0.05) is 18.2 Å². The van der Waals surface area contributed by atoms with E-state index in [1.807, 2.05) is 45.7 Å². The number of aromatic nitrogens is 6. The Morgan fingerprint density at radius 1 is 1.15 bits per heavy atom. The van der Waals surface area contributed by atoms with E-state index in [-0.39, 0.29) is 5.56 Å². The normalized spacial score (nSPS) is 11.3. The minimum Gasteiger partial charge on any atom is -0.330 e. The molecule has 0 bridgehead atoms. The second-order valence-corrected chi connectivity index (χ2v) is 6.21. The van der Waals surface area contributed by atoms with Gasteiger partial charge in [-0.2, -0.15) is 0 Å². The predicted molar refractivity (Wildman–Crippen MR) is 99.8 cm³/mol. The summed E-state index contributed by atoms with van der Waals surface area (Å²) >= 11 is 0. The standard InChI is InChI=1S/C19H20N6O/c1-3-24-13-21-22-17(24)8-10-25-11-9-20-18(25)15-12-14-6-4-5-7-16(14)23(2)19(15)26/h4-7,9,11-13H,3,8,10H2,1-2H3. The zero-order valence-electron chi connectivity index (χ0n) is 14.8. The molecule has 0 saturated heterocycles. The Labute approximate surface area is 150 Å². The van der Waals surface area contributed by atoms with Gasteiger partial charge in [0, 0.05) is 39.0 Å². The summed E-state index contributed by atoms with van der Waals surface area (Å²) in [4.78, 5) is 17.3. The zero-order chi connectivity index (χ0) is 18.1. The molecule has 7 heteroatoms. The maximum Gasteiger partial charge on any atom is 0.261 e. The molecule has 0 fully saturated rings. The molecule has 0 N–H and O–H groups in total. The molecule has 0 aliphatic carbocycles. The Balaban J connectivity index is 1.72. The number of rotatable bonds is 5. The van der Waals surface area contributed by atoms with E-state index in [9.17, 15) is 4.79 Å². The monoisotopic (exact) mass is 348 g/mol. The summed E-state index contributed by atoms with van der Waals surface area (Å²) in [5, 5.41) is 9.16. The summed E-state index contributed by atoms with van der Waals surface area (Å²) < 4.78 is 5.70. The van der Waals surface area contributed by atoms with Crippen molar-refractivity contribution >= 4 is 10.9 Å². The van der Waals surface area contributed by atoms with Crippen LogP contribution in [0.1, 0.15) is 12.7 Å². The quantitative estimate of drug-likeness (QED) is 0.555. The summed E-state index contributed by atoms with van der Waals surface area (Å²) in [6.07, 6.45) is 6.10. The van der Waals surface area contributed by atoms with E-state index in [4.69, 9.17) is 0 Å². The smallest absolute Gasteiger partial charge is 0.261 e. The van der Waals surface area contributed by atoms with E-state index in [1.165, 1.54) is 0 Å². The molecule has 4 rings (SSSR count). The number of aryl methyl sites for hydroxylation is 4. The summed E-state index contributed by atoms with van der Waals surface area (Å²) in [5.41, 5.74) is 1.47. The highest BCUT2D eigenvalue weighted by Crippen LogP contribution is 2.20. The number of pyridine rings is 1. The molecule has 4 aromatic rings. The van der Waals surface area contributed by atoms with Crippen molar-refractivity contribution in [2.45, 2.75) is 26.4 Å². The number of fused-ring (bicyclic) bond motifs is 1. The first kappa shape index (κ1) is 16.3. The molecule has 0 unspecified atom stereocenters. The van der Waals surface area contributed by atoms with Gasteiger partial charge in [0.05, 0.1) is 11.1 Å². The van der Waals surface area contributed by atoms with Gasteiger partial charge in [0.2, 0.25) is 0 Å². The SMILES string of the molecule is CCn1cnnc1CCn1ccnc1-c1cc2ccccc2n(C)c1=O. The van der Waals surface area contributed by atoms with Gasteiger partial charge >= 0.3 is 0 Å². The minimum atomic E-state index is -0.0483. The Morgan fingerprint density at radius 2 is 2.00 bits per heavy atom. The molecule has 0 aliphatic rings. The first-order valence-electron chi connectivity index (χ1n) is 8.66. The summed E-state index contributed by atoms with van der Waals surface area (Å²) in [6, 6.07) is 9.79. The zero-order valence-corrected chi connectivity index (χ0v) is 14.8. The van der Waals surface area contributed by atoms with Crippen molar-refractivity contribution in [3.63, 3.8) is 0 Å². The highest BCUT2D eigenvalue weighted by Gasteiger charge is 2.14. The van der Waals surface area contributed by atoms with Gasteiger partial charge in [0.15, 0.2) is 0 Å². The number of para-hydroxylation sites is 1. The summed E-state index contributed by atoms with van der Waals surface area (Å²) in [6.45, 7) is 3.59. The van der Waals surface area contributed by atoms with Gasteiger partial charge < -0.3 is 13.7 Å². The third-order valence-electron chi connectivity index (χ3n) is 4.70. The Kier molecular flexibility index (Phi) is 4.12. The lowest BCUT2D eigenvalue weighted by atomic mass is 10.1. The molecule has 0 amide bonds. The van der Waals surface area contributed by atoms with Crippen LogP contribution in [-0.2, 0) is 26.6 Å². The summed E-state index contributed by atoms with van der Waals surface area (Å²) in [5.74, 6) is 1.61. The van der Waals surface area contributed by atoms with E-state index >= 15 is 0 Å². The van der Waals surface area contributed by atoms with Crippen LogP contribution in [0.4, 0.5) is 0 Å². The molecule has 0 aliphatic heterocycles. The lowest BCUT2D eigenvalue weighted by Crippen LogP contribution is -2.20. The average molecular weight is 348 g/mol. The average Bonchev–Trinajstić information content (AvgIpc) is 3.31. The van der Waals surface area contributed by atoms with Crippen molar-refractivity contribution in [1.29, 1.82) is 0 Å². The van der Waals surface area contributed by atoms with Crippen LogP contribution < -0.4 is 5.56 Å².